The summed E-state index contributed by atoms with van der Waals surface area (Å²) in [6.45, 7) is 0. The van der Waals surface area contributed by atoms with Crippen molar-refractivity contribution in [3.05, 3.63) is 48.7 Å². The highest BCUT2D eigenvalue weighted by Crippen LogP contribution is 2.26. The lowest BCUT2D eigenvalue weighted by molar-refractivity contribution is 1.10. The first-order valence-corrected chi connectivity index (χ1v) is 4.54. The zero-order valence-electron chi connectivity index (χ0n) is 7.51. The molecule has 66 valence electrons. The molecule has 3 rings (SSSR count). The first-order valence-electron chi connectivity index (χ1n) is 4.54. The third kappa shape index (κ3) is 0.973. The van der Waals surface area contributed by atoms with Crippen LogP contribution in [0.15, 0.2) is 48.7 Å². The smallest absolute Gasteiger partial charge is 0.0951 e. The number of nitrogens with zero attached hydrogens (tertiary/aromatic N) is 2. The zero-order chi connectivity index (χ0) is 9.38. The molecule has 14 heavy (non-hydrogen) atoms. The fraction of sp³-hybridized carbons (Fsp3) is 0. The van der Waals surface area contributed by atoms with Gasteiger partial charge in [-0.1, -0.05) is 36.4 Å². The van der Waals surface area contributed by atoms with Crippen LogP contribution in [0.1, 0.15) is 0 Å². The number of benzene rings is 1. The normalized spacial score (nSPS) is 10.9. The number of aromatic nitrogens is 2. The Balaban J connectivity index is 2.56. The van der Waals surface area contributed by atoms with Crippen molar-refractivity contribution in [2.24, 2.45) is 0 Å². The molecule has 0 radical (unpaired) electrons. The third-order valence-electron chi connectivity index (χ3n) is 2.41. The van der Waals surface area contributed by atoms with E-state index in [1.54, 1.807) is 0 Å². The van der Waals surface area contributed by atoms with Crippen molar-refractivity contribution in [3.63, 3.8) is 0 Å². The molecular weight excluding hydrogens is 172 g/mol. The van der Waals surface area contributed by atoms with E-state index in [9.17, 15) is 0 Å². The van der Waals surface area contributed by atoms with Gasteiger partial charge in [0.1, 0.15) is 0 Å². The maximum Gasteiger partial charge on any atom is 0.0951 e. The molecule has 1 aromatic rings. The minimum absolute atomic E-state index is 0.950. The molecule has 0 amide bonds. The van der Waals surface area contributed by atoms with Gasteiger partial charge in [0.25, 0.3) is 0 Å². The van der Waals surface area contributed by atoms with Crippen LogP contribution < -0.4 is 0 Å². The molecule has 0 aromatic heterocycles. The fourth-order valence-corrected chi connectivity index (χ4v) is 1.73. The summed E-state index contributed by atoms with van der Waals surface area (Å²) in [5.74, 6) is 0. The van der Waals surface area contributed by atoms with E-state index in [-0.39, 0.29) is 0 Å². The molecule has 2 nitrogen and oxygen atoms in total. The average molecular weight is 180 g/mol. The van der Waals surface area contributed by atoms with Crippen LogP contribution in [0.25, 0.3) is 22.0 Å². The highest BCUT2D eigenvalue weighted by Gasteiger charge is 2.06. The van der Waals surface area contributed by atoms with Gasteiger partial charge in [-0.05, 0) is 16.8 Å². The Morgan fingerprint density at radius 3 is 2.71 bits per heavy atom. The SMILES string of the molecule is c1ccc2c3cnnc-3cccc2c1. The zero-order valence-corrected chi connectivity index (χ0v) is 7.51. The number of hydrogen-bond acceptors (Lipinski definition) is 2. The second-order valence-electron chi connectivity index (χ2n) is 3.26. The van der Waals surface area contributed by atoms with Gasteiger partial charge in [-0.3, -0.25) is 0 Å². The van der Waals surface area contributed by atoms with E-state index in [1.165, 1.54) is 10.8 Å². The summed E-state index contributed by atoms with van der Waals surface area (Å²) in [6.07, 6.45) is 1.82. The Morgan fingerprint density at radius 2 is 1.71 bits per heavy atom. The lowest BCUT2D eigenvalue weighted by atomic mass is 10.1. The van der Waals surface area contributed by atoms with Crippen molar-refractivity contribution in [1.29, 1.82) is 0 Å². The molecule has 0 N–H and O–H groups in total. The van der Waals surface area contributed by atoms with Crippen LogP contribution in [0.5, 0.6) is 0 Å². The van der Waals surface area contributed by atoms with Crippen LogP contribution >= 0.6 is 0 Å². The lowest BCUT2D eigenvalue weighted by Crippen LogP contribution is -1.72. The van der Waals surface area contributed by atoms with Crippen molar-refractivity contribution < 1.29 is 0 Å². The monoisotopic (exact) mass is 180 g/mol. The molecule has 1 heterocycles. The topological polar surface area (TPSA) is 25.8 Å². The summed E-state index contributed by atoms with van der Waals surface area (Å²) in [5.41, 5.74) is 2.07. The summed E-state index contributed by atoms with van der Waals surface area (Å²) in [7, 11) is 0. The molecule has 1 aliphatic carbocycles. The van der Waals surface area contributed by atoms with Crippen LogP contribution in [0.4, 0.5) is 0 Å². The van der Waals surface area contributed by atoms with Crippen LogP contribution in [0, 0.1) is 0 Å². The van der Waals surface area contributed by atoms with Gasteiger partial charge in [-0.2, -0.15) is 10.2 Å². The Labute approximate surface area is 81.6 Å². The summed E-state index contributed by atoms with van der Waals surface area (Å²) in [6, 6.07) is 14.4. The van der Waals surface area contributed by atoms with Crippen molar-refractivity contribution in [3.8, 4) is 11.3 Å². The van der Waals surface area contributed by atoms with Gasteiger partial charge in [0.15, 0.2) is 0 Å². The van der Waals surface area contributed by atoms with Crippen LogP contribution in [-0.2, 0) is 0 Å². The number of rotatable bonds is 0. The van der Waals surface area contributed by atoms with Gasteiger partial charge in [0.05, 0.1) is 11.9 Å². The van der Waals surface area contributed by atoms with Crippen molar-refractivity contribution in [2.75, 3.05) is 0 Å². The van der Waals surface area contributed by atoms with E-state index in [1.807, 2.05) is 30.5 Å². The first-order chi connectivity index (χ1) is 6.95. The fourth-order valence-electron chi connectivity index (χ4n) is 1.73. The van der Waals surface area contributed by atoms with Gasteiger partial charge in [0.2, 0.25) is 0 Å². The molecule has 1 aliphatic heterocycles. The molecule has 0 unspecified atom stereocenters. The average Bonchev–Trinajstić information content (AvgIpc) is 2.61. The predicted molar refractivity (Wildman–Crippen MR) is 56.2 cm³/mol. The second kappa shape index (κ2) is 2.77. The van der Waals surface area contributed by atoms with Crippen LogP contribution in [-0.4, -0.2) is 10.2 Å². The Morgan fingerprint density at radius 1 is 0.857 bits per heavy atom. The summed E-state index contributed by atoms with van der Waals surface area (Å²) < 4.78 is 0. The van der Waals surface area contributed by atoms with Gasteiger partial charge >= 0.3 is 0 Å². The number of hydrogen-bond donors (Lipinski definition) is 0. The van der Waals surface area contributed by atoms with Crippen molar-refractivity contribution >= 4 is 10.8 Å². The summed E-state index contributed by atoms with van der Waals surface area (Å²) in [4.78, 5) is 0. The molecule has 0 saturated carbocycles. The molecule has 0 atom stereocenters. The Hall–Kier alpha value is -1.96. The van der Waals surface area contributed by atoms with Gasteiger partial charge in [0, 0.05) is 5.56 Å². The molecule has 0 fully saturated rings. The Bertz CT molecular complexity index is 560. The minimum Gasteiger partial charge on any atom is -0.158 e. The minimum atomic E-state index is 0.950. The molecule has 2 heteroatoms. The Kier molecular flexibility index (Phi) is 1.47. The molecule has 0 bridgehead atoms. The molecule has 0 saturated heterocycles. The lowest BCUT2D eigenvalue weighted by Gasteiger charge is -1.94. The van der Waals surface area contributed by atoms with E-state index in [2.05, 4.69) is 28.4 Å². The van der Waals surface area contributed by atoms with Crippen LogP contribution in [0.2, 0.25) is 0 Å². The summed E-state index contributed by atoms with van der Waals surface area (Å²) in [5, 5.41) is 10.4. The largest absolute Gasteiger partial charge is 0.158 e. The van der Waals surface area contributed by atoms with E-state index < -0.39 is 0 Å². The first kappa shape index (κ1) is 7.44. The van der Waals surface area contributed by atoms with E-state index in [0.29, 0.717) is 0 Å². The highest BCUT2D eigenvalue weighted by molar-refractivity contribution is 5.95. The third-order valence-corrected chi connectivity index (χ3v) is 2.41. The second-order valence-corrected chi connectivity index (χ2v) is 3.26. The number of fused-ring (bicyclic) bond motifs is 3. The van der Waals surface area contributed by atoms with Crippen LogP contribution in [0.3, 0.4) is 0 Å². The van der Waals surface area contributed by atoms with E-state index in [0.717, 1.165) is 11.3 Å². The molecular formula is C12H8N2. The quantitative estimate of drug-likeness (QED) is 0.531. The standard InChI is InChI=1S/C12H8N2/c1-2-6-10-9(4-1)5-3-7-12-11(10)8-13-14-12/h1-8H. The van der Waals surface area contributed by atoms with Crippen molar-refractivity contribution in [2.45, 2.75) is 0 Å². The highest BCUT2D eigenvalue weighted by atomic mass is 15.1. The van der Waals surface area contributed by atoms with E-state index >= 15 is 0 Å². The molecule has 1 aromatic carbocycles. The van der Waals surface area contributed by atoms with Crippen molar-refractivity contribution in [1.82, 2.24) is 10.2 Å². The summed E-state index contributed by atoms with van der Waals surface area (Å²) >= 11 is 0. The molecule has 2 aliphatic rings. The maximum atomic E-state index is 4.06. The molecule has 0 spiro atoms. The van der Waals surface area contributed by atoms with Gasteiger partial charge in [-0.25, -0.2) is 0 Å². The van der Waals surface area contributed by atoms with Gasteiger partial charge in [-0.15, -0.1) is 0 Å². The van der Waals surface area contributed by atoms with E-state index in [4.69, 9.17) is 0 Å². The maximum absolute atomic E-state index is 4.06. The van der Waals surface area contributed by atoms with Gasteiger partial charge < -0.3 is 0 Å². The predicted octanol–water partition coefficient (Wildman–Crippen LogP) is 2.73.